The lowest BCUT2D eigenvalue weighted by atomic mass is 10.0. The smallest absolute Gasteiger partial charge is 0.322 e. The number of carbonyl (C=O) groups excluding carboxylic acids is 5. The van der Waals surface area contributed by atoms with Gasteiger partial charge in [0.25, 0.3) is 0 Å². The molecule has 0 rings (SSSR count). The largest absolute Gasteiger partial charge is 0.481 e. The number of aliphatic hydroxyl groups excluding tert-OH is 1. The summed E-state index contributed by atoms with van der Waals surface area (Å²) < 4.78 is 0. The molecule has 0 aromatic rings. The van der Waals surface area contributed by atoms with Gasteiger partial charge in [-0.05, 0) is 32.1 Å². The summed E-state index contributed by atoms with van der Waals surface area (Å²) >= 11 is 0. The summed E-state index contributed by atoms with van der Waals surface area (Å²) in [5.74, 6) is -10.1. The number of hydrogen-bond donors (Lipinski definition) is 13. The molecule has 0 heterocycles. The number of carbonyl (C=O) groups is 8. The predicted molar refractivity (Wildman–Crippen MR) is 161 cm³/mol. The van der Waals surface area contributed by atoms with Crippen LogP contribution in [0.4, 0.5) is 0 Å². The summed E-state index contributed by atoms with van der Waals surface area (Å²) in [6.45, 7) is 3.51. The summed E-state index contributed by atoms with van der Waals surface area (Å²) in [6.07, 6.45) is -3.28. The molecular formula is C26H45N9O12. The van der Waals surface area contributed by atoms with E-state index in [2.05, 4.69) is 26.6 Å². The highest BCUT2D eigenvalue weighted by molar-refractivity contribution is 5.96. The van der Waals surface area contributed by atoms with E-state index < -0.39 is 115 Å². The van der Waals surface area contributed by atoms with Crippen LogP contribution >= 0.6 is 0 Å². The topological polar surface area (TPSA) is 366 Å². The first-order valence-corrected chi connectivity index (χ1v) is 14.4. The molecule has 0 aromatic carbocycles. The molecule has 0 saturated heterocycles. The number of carboxylic acids is 3. The number of guanidine groups is 1. The Morgan fingerprint density at radius 2 is 1.21 bits per heavy atom. The molecule has 6 atom stereocenters. The van der Waals surface area contributed by atoms with E-state index in [4.69, 9.17) is 32.2 Å². The standard InChI is InChI=1S/C26H45N9O12/c1-11(2)19(34-23(45)15(6-7-16(37)38)32-21(43)13(27)9-17(39)40)25(47)33-14(5-4-8-30-26(28)29)22(44)35-20(12(3)36)24(46)31-10-18(41)42/h11-15,19-20,36H,4-10,27H2,1-3H3,(H,31,46)(H,32,43)(H,33,47)(H,34,45)(H,35,44)(H,37,38)(H,39,40)(H,41,42)(H4,28,29,30)/t12-,13+,14+,15+,19+,20+/m1/s1. The van der Waals surface area contributed by atoms with Crippen molar-refractivity contribution < 1.29 is 58.8 Å². The molecule has 0 bridgehead atoms. The number of nitrogens with two attached hydrogens (primary N) is 2. The lowest BCUT2D eigenvalue weighted by molar-refractivity contribution is -0.140. The summed E-state index contributed by atoms with van der Waals surface area (Å²) in [6, 6.07) is -7.51. The number of aliphatic hydroxyl groups is 1. The van der Waals surface area contributed by atoms with E-state index in [-0.39, 0.29) is 25.3 Å². The molecule has 0 saturated carbocycles. The maximum absolute atomic E-state index is 13.4. The van der Waals surface area contributed by atoms with Gasteiger partial charge in [0.2, 0.25) is 29.5 Å². The third-order valence-corrected chi connectivity index (χ3v) is 6.35. The van der Waals surface area contributed by atoms with E-state index in [9.17, 15) is 43.5 Å². The Balaban J connectivity index is 6.04. The van der Waals surface area contributed by atoms with Gasteiger partial charge in [-0.2, -0.15) is 0 Å². The first-order chi connectivity index (χ1) is 21.8. The first kappa shape index (κ1) is 41.9. The summed E-state index contributed by atoms with van der Waals surface area (Å²) in [7, 11) is 0. The van der Waals surface area contributed by atoms with Crippen LogP contribution in [-0.4, -0.2) is 123 Å². The molecule has 0 aromatic heterocycles. The Hall–Kier alpha value is -5.05. The van der Waals surface area contributed by atoms with Crippen LogP contribution in [0.15, 0.2) is 0 Å². The minimum atomic E-state index is -1.62. The monoisotopic (exact) mass is 675 g/mol. The highest BCUT2D eigenvalue weighted by Crippen LogP contribution is 2.08. The third-order valence-electron chi connectivity index (χ3n) is 6.35. The molecule has 0 fully saturated rings. The Labute approximate surface area is 269 Å². The second-order valence-electron chi connectivity index (χ2n) is 10.8. The van der Waals surface area contributed by atoms with Crippen LogP contribution in [0.3, 0.4) is 0 Å². The number of amides is 5. The third kappa shape index (κ3) is 17.3. The van der Waals surface area contributed by atoms with Crippen molar-refractivity contribution in [3.8, 4) is 0 Å². The van der Waals surface area contributed by atoms with Gasteiger partial charge in [0.05, 0.1) is 18.6 Å². The minimum absolute atomic E-state index is 0.0905. The average molecular weight is 676 g/mol. The lowest BCUT2D eigenvalue weighted by Gasteiger charge is -2.28. The molecule has 21 nitrogen and oxygen atoms in total. The van der Waals surface area contributed by atoms with Gasteiger partial charge in [-0.25, -0.2) is 0 Å². The maximum Gasteiger partial charge on any atom is 0.322 e. The summed E-state index contributed by atoms with van der Waals surface area (Å²) in [4.78, 5) is 97.5. The quantitative estimate of drug-likeness (QED) is 0.0290. The Bertz CT molecular complexity index is 1160. The predicted octanol–water partition coefficient (Wildman–Crippen LogP) is -4.91. The van der Waals surface area contributed by atoms with Crippen molar-refractivity contribution in [2.24, 2.45) is 17.4 Å². The minimum Gasteiger partial charge on any atom is -0.481 e. The van der Waals surface area contributed by atoms with Crippen LogP contribution in [-0.2, 0) is 38.4 Å². The zero-order valence-corrected chi connectivity index (χ0v) is 26.2. The van der Waals surface area contributed by atoms with Gasteiger partial charge >= 0.3 is 17.9 Å². The fourth-order valence-corrected chi connectivity index (χ4v) is 3.88. The molecule has 266 valence electrons. The lowest BCUT2D eigenvalue weighted by Crippen LogP contribution is -2.61. The normalized spacial score (nSPS) is 14.6. The zero-order valence-electron chi connectivity index (χ0n) is 26.2. The van der Waals surface area contributed by atoms with Gasteiger partial charge in [0.1, 0.15) is 30.7 Å². The van der Waals surface area contributed by atoms with Gasteiger partial charge in [0.15, 0.2) is 5.96 Å². The molecule has 47 heavy (non-hydrogen) atoms. The molecule has 0 spiro atoms. The van der Waals surface area contributed by atoms with Crippen LogP contribution in [0.2, 0.25) is 0 Å². The van der Waals surface area contributed by atoms with E-state index in [1.165, 1.54) is 13.8 Å². The highest BCUT2D eigenvalue weighted by Gasteiger charge is 2.34. The van der Waals surface area contributed by atoms with Crippen molar-refractivity contribution in [2.75, 3.05) is 13.1 Å². The van der Waals surface area contributed by atoms with Crippen LogP contribution < -0.4 is 43.4 Å². The van der Waals surface area contributed by atoms with Crippen molar-refractivity contribution in [3.05, 3.63) is 0 Å². The summed E-state index contributed by atoms with van der Waals surface area (Å²) in [5.41, 5.74) is 10.8. The molecule has 5 amide bonds. The average Bonchev–Trinajstić information content (AvgIpc) is 2.95. The second-order valence-corrected chi connectivity index (χ2v) is 10.8. The first-order valence-electron chi connectivity index (χ1n) is 14.4. The van der Waals surface area contributed by atoms with Crippen molar-refractivity contribution in [3.63, 3.8) is 0 Å². The second kappa shape index (κ2) is 20.9. The van der Waals surface area contributed by atoms with Gasteiger partial charge < -0.3 is 63.8 Å². The molecule has 0 radical (unpaired) electrons. The number of hydrogen-bond acceptors (Lipinski definition) is 11. The molecule has 21 heteroatoms. The van der Waals surface area contributed by atoms with Crippen molar-refractivity contribution in [1.82, 2.24) is 31.9 Å². The van der Waals surface area contributed by atoms with Gasteiger partial charge in [-0.15, -0.1) is 0 Å². The molecule has 0 aliphatic carbocycles. The van der Waals surface area contributed by atoms with Crippen LogP contribution in [0.5, 0.6) is 0 Å². The van der Waals surface area contributed by atoms with Gasteiger partial charge in [0, 0.05) is 13.0 Å². The van der Waals surface area contributed by atoms with E-state index in [1.807, 2.05) is 5.32 Å². The fourth-order valence-electron chi connectivity index (χ4n) is 3.88. The maximum atomic E-state index is 13.4. The SMILES string of the molecule is CC(C)[C@H](NC(=O)[C@H](CCC(=O)O)NC(=O)[C@@H](N)CC(=O)O)C(=O)N[C@@H](CCCNC(=N)N)C(=O)N[C@H](C(=O)NCC(=O)O)[C@@H](C)O. The Morgan fingerprint density at radius 1 is 0.681 bits per heavy atom. The number of carboxylic acid groups (broad SMARTS) is 3. The van der Waals surface area contributed by atoms with Crippen LogP contribution in [0.25, 0.3) is 0 Å². The molecule has 0 aliphatic rings. The molecule has 0 unspecified atom stereocenters. The van der Waals surface area contributed by atoms with E-state index >= 15 is 0 Å². The van der Waals surface area contributed by atoms with Gasteiger partial charge in [-0.3, -0.25) is 43.8 Å². The van der Waals surface area contributed by atoms with E-state index in [1.54, 1.807) is 0 Å². The molecule has 15 N–H and O–H groups in total. The number of aliphatic carboxylic acids is 3. The molecule has 0 aliphatic heterocycles. The van der Waals surface area contributed by atoms with Crippen LogP contribution in [0.1, 0.15) is 52.9 Å². The van der Waals surface area contributed by atoms with Crippen molar-refractivity contribution in [2.45, 2.75) is 89.2 Å². The van der Waals surface area contributed by atoms with Crippen LogP contribution in [0, 0.1) is 11.3 Å². The highest BCUT2D eigenvalue weighted by atomic mass is 16.4. The van der Waals surface area contributed by atoms with Crippen molar-refractivity contribution in [1.29, 1.82) is 5.41 Å². The Kier molecular flexibility index (Phi) is 18.6. The van der Waals surface area contributed by atoms with E-state index in [0.29, 0.717) is 0 Å². The number of nitrogens with one attached hydrogen (secondary N) is 7. The number of rotatable bonds is 22. The fraction of sp³-hybridized carbons (Fsp3) is 0.654. The zero-order chi connectivity index (χ0) is 36.4. The summed E-state index contributed by atoms with van der Waals surface area (Å²) in [5, 5.41) is 57.9. The van der Waals surface area contributed by atoms with Crippen molar-refractivity contribution >= 4 is 53.4 Å². The van der Waals surface area contributed by atoms with E-state index in [0.717, 1.165) is 6.92 Å². The Morgan fingerprint density at radius 3 is 1.68 bits per heavy atom. The van der Waals surface area contributed by atoms with Gasteiger partial charge in [-0.1, -0.05) is 13.8 Å². The molecular weight excluding hydrogens is 630 g/mol.